The summed E-state index contributed by atoms with van der Waals surface area (Å²) >= 11 is 0. The van der Waals surface area contributed by atoms with Crippen LogP contribution in [-0.2, 0) is 4.74 Å². The standard InChI is InChI=1S/C18H15NO3/c20-19(21)16-11-9-14(10-12-16)17-8-4-5-13-22-18(17)15-6-2-1-3-7-15/h1-4,6-12H,5,13H2. The molecule has 0 amide bonds. The Balaban J connectivity index is 2.09. The lowest BCUT2D eigenvalue weighted by molar-refractivity contribution is -0.384. The van der Waals surface area contributed by atoms with E-state index in [1.165, 1.54) is 12.1 Å². The van der Waals surface area contributed by atoms with Crippen molar-refractivity contribution < 1.29 is 9.66 Å². The molecule has 1 aliphatic rings. The molecular formula is C18H15NO3. The van der Waals surface area contributed by atoms with Gasteiger partial charge in [-0.1, -0.05) is 42.5 Å². The Labute approximate surface area is 128 Å². The minimum atomic E-state index is -0.393. The molecule has 0 saturated carbocycles. The van der Waals surface area contributed by atoms with Crippen molar-refractivity contribution >= 4 is 17.0 Å². The van der Waals surface area contributed by atoms with Crippen LogP contribution in [0.3, 0.4) is 0 Å². The Bertz CT molecular complexity index is 731. The lowest BCUT2D eigenvalue weighted by atomic mass is 10.00. The molecule has 0 atom stereocenters. The van der Waals surface area contributed by atoms with Gasteiger partial charge in [0.15, 0.2) is 0 Å². The van der Waals surface area contributed by atoms with Crippen LogP contribution in [0.15, 0.2) is 66.7 Å². The normalized spacial score (nSPS) is 14.4. The second-order valence-corrected chi connectivity index (χ2v) is 4.95. The van der Waals surface area contributed by atoms with Gasteiger partial charge in [-0.2, -0.15) is 0 Å². The summed E-state index contributed by atoms with van der Waals surface area (Å²) in [6.07, 6.45) is 4.93. The number of rotatable bonds is 3. The van der Waals surface area contributed by atoms with Crippen molar-refractivity contribution in [2.24, 2.45) is 0 Å². The number of nitrogens with zero attached hydrogens (tertiary/aromatic N) is 1. The summed E-state index contributed by atoms with van der Waals surface area (Å²) in [6, 6.07) is 16.4. The molecule has 2 aromatic carbocycles. The van der Waals surface area contributed by atoms with Crippen molar-refractivity contribution in [1.82, 2.24) is 0 Å². The van der Waals surface area contributed by atoms with Gasteiger partial charge in [-0.15, -0.1) is 0 Å². The molecule has 110 valence electrons. The molecular weight excluding hydrogens is 278 g/mol. The predicted molar refractivity (Wildman–Crippen MR) is 86.1 cm³/mol. The topological polar surface area (TPSA) is 52.4 Å². The third kappa shape index (κ3) is 2.91. The van der Waals surface area contributed by atoms with E-state index in [-0.39, 0.29) is 5.69 Å². The third-order valence-electron chi connectivity index (χ3n) is 3.49. The maximum absolute atomic E-state index is 10.8. The number of nitro groups is 1. The highest BCUT2D eigenvalue weighted by Gasteiger charge is 2.14. The first-order chi connectivity index (χ1) is 10.8. The highest BCUT2D eigenvalue weighted by Crippen LogP contribution is 2.31. The molecule has 4 heteroatoms. The molecule has 0 fully saturated rings. The summed E-state index contributed by atoms with van der Waals surface area (Å²) in [5, 5.41) is 10.8. The Kier molecular flexibility index (Phi) is 4.01. The lowest BCUT2D eigenvalue weighted by Gasteiger charge is -2.13. The number of hydrogen-bond acceptors (Lipinski definition) is 3. The quantitative estimate of drug-likeness (QED) is 0.621. The van der Waals surface area contributed by atoms with E-state index in [4.69, 9.17) is 4.74 Å². The maximum atomic E-state index is 10.8. The minimum absolute atomic E-state index is 0.0872. The highest BCUT2D eigenvalue weighted by molar-refractivity contribution is 5.93. The fourth-order valence-corrected chi connectivity index (χ4v) is 2.40. The van der Waals surface area contributed by atoms with Crippen LogP contribution in [-0.4, -0.2) is 11.5 Å². The zero-order valence-corrected chi connectivity index (χ0v) is 11.9. The first-order valence-corrected chi connectivity index (χ1v) is 7.09. The van der Waals surface area contributed by atoms with Crippen LogP contribution >= 0.6 is 0 Å². The summed E-state index contributed by atoms with van der Waals surface area (Å²) in [5.74, 6) is 0.809. The minimum Gasteiger partial charge on any atom is -0.492 e. The molecule has 0 bridgehead atoms. The number of ether oxygens (including phenoxy) is 1. The first kappa shape index (κ1) is 14.1. The van der Waals surface area contributed by atoms with Gasteiger partial charge in [0, 0.05) is 23.3 Å². The number of hydrogen-bond donors (Lipinski definition) is 0. The van der Waals surface area contributed by atoms with Crippen LogP contribution in [0.4, 0.5) is 5.69 Å². The zero-order valence-electron chi connectivity index (χ0n) is 11.9. The van der Waals surface area contributed by atoms with Gasteiger partial charge in [0.05, 0.1) is 11.5 Å². The van der Waals surface area contributed by atoms with Gasteiger partial charge in [0.1, 0.15) is 5.76 Å². The van der Waals surface area contributed by atoms with Gasteiger partial charge < -0.3 is 4.74 Å². The molecule has 0 aliphatic carbocycles. The monoisotopic (exact) mass is 293 g/mol. The largest absolute Gasteiger partial charge is 0.492 e. The average molecular weight is 293 g/mol. The van der Waals surface area contributed by atoms with E-state index < -0.39 is 4.92 Å². The summed E-state index contributed by atoms with van der Waals surface area (Å²) in [5.41, 5.74) is 2.94. The Morgan fingerprint density at radius 2 is 1.68 bits per heavy atom. The molecule has 0 N–H and O–H groups in total. The smallest absolute Gasteiger partial charge is 0.269 e. The first-order valence-electron chi connectivity index (χ1n) is 7.09. The van der Waals surface area contributed by atoms with E-state index in [0.717, 1.165) is 28.9 Å². The number of nitro benzene ring substituents is 1. The SMILES string of the molecule is O=[N+]([O-])c1ccc(C2=C(c3ccccc3)OCCC=C2)cc1. The van der Waals surface area contributed by atoms with E-state index >= 15 is 0 Å². The second kappa shape index (κ2) is 6.26. The van der Waals surface area contributed by atoms with Crippen LogP contribution < -0.4 is 0 Å². The highest BCUT2D eigenvalue weighted by atomic mass is 16.6. The molecule has 22 heavy (non-hydrogen) atoms. The van der Waals surface area contributed by atoms with Gasteiger partial charge in [0.2, 0.25) is 0 Å². The van der Waals surface area contributed by atoms with Gasteiger partial charge in [0.25, 0.3) is 5.69 Å². The molecule has 0 saturated heterocycles. The third-order valence-corrected chi connectivity index (χ3v) is 3.49. The molecule has 1 heterocycles. The molecule has 1 aliphatic heterocycles. The summed E-state index contributed by atoms with van der Waals surface area (Å²) in [6.45, 7) is 0.622. The summed E-state index contributed by atoms with van der Waals surface area (Å²) in [7, 11) is 0. The maximum Gasteiger partial charge on any atom is 0.269 e. The van der Waals surface area contributed by atoms with Crippen LogP contribution in [0.5, 0.6) is 0 Å². The van der Waals surface area contributed by atoms with E-state index in [9.17, 15) is 10.1 Å². The molecule has 0 unspecified atom stereocenters. The van der Waals surface area contributed by atoms with E-state index in [0.29, 0.717) is 6.61 Å². The van der Waals surface area contributed by atoms with Gasteiger partial charge in [-0.3, -0.25) is 10.1 Å². The Morgan fingerprint density at radius 3 is 2.36 bits per heavy atom. The number of benzene rings is 2. The summed E-state index contributed by atoms with van der Waals surface area (Å²) < 4.78 is 5.92. The Morgan fingerprint density at radius 1 is 0.955 bits per heavy atom. The molecule has 0 spiro atoms. The van der Waals surface area contributed by atoms with Crippen molar-refractivity contribution in [3.63, 3.8) is 0 Å². The molecule has 2 aromatic rings. The summed E-state index contributed by atoms with van der Waals surface area (Å²) in [4.78, 5) is 10.4. The van der Waals surface area contributed by atoms with Crippen LogP contribution in [0.25, 0.3) is 11.3 Å². The molecule has 0 radical (unpaired) electrons. The molecule has 4 nitrogen and oxygen atoms in total. The van der Waals surface area contributed by atoms with Gasteiger partial charge in [-0.25, -0.2) is 0 Å². The molecule has 0 aromatic heterocycles. The van der Waals surface area contributed by atoms with E-state index in [1.54, 1.807) is 12.1 Å². The fraction of sp³-hybridized carbons (Fsp3) is 0.111. The van der Waals surface area contributed by atoms with Crippen molar-refractivity contribution in [1.29, 1.82) is 0 Å². The van der Waals surface area contributed by atoms with E-state index in [2.05, 4.69) is 6.08 Å². The fourth-order valence-electron chi connectivity index (χ4n) is 2.40. The number of allylic oxidation sites excluding steroid dienone is 2. The predicted octanol–water partition coefficient (Wildman–Crippen LogP) is 4.44. The average Bonchev–Trinajstić information content (AvgIpc) is 2.81. The van der Waals surface area contributed by atoms with E-state index in [1.807, 2.05) is 36.4 Å². The lowest BCUT2D eigenvalue weighted by Crippen LogP contribution is -1.96. The van der Waals surface area contributed by atoms with Crippen molar-refractivity contribution in [2.75, 3.05) is 6.61 Å². The second-order valence-electron chi connectivity index (χ2n) is 4.95. The van der Waals surface area contributed by atoms with Crippen LogP contribution in [0.1, 0.15) is 17.5 Å². The van der Waals surface area contributed by atoms with Crippen LogP contribution in [0.2, 0.25) is 0 Å². The molecule has 3 rings (SSSR count). The van der Waals surface area contributed by atoms with Gasteiger partial charge >= 0.3 is 0 Å². The van der Waals surface area contributed by atoms with Crippen molar-refractivity contribution in [3.05, 3.63) is 88.0 Å². The Hall–Kier alpha value is -2.88. The van der Waals surface area contributed by atoms with Crippen molar-refractivity contribution in [3.8, 4) is 0 Å². The number of non-ortho nitro benzene ring substituents is 1. The van der Waals surface area contributed by atoms with Crippen LogP contribution in [0, 0.1) is 10.1 Å². The van der Waals surface area contributed by atoms with Gasteiger partial charge in [-0.05, 0) is 24.1 Å². The zero-order chi connectivity index (χ0) is 15.4. The van der Waals surface area contributed by atoms with Crippen molar-refractivity contribution in [2.45, 2.75) is 6.42 Å².